The molecular weight excluding hydrogens is 649 g/mol. The Kier molecular flexibility index (Phi) is 31.1. The second kappa shape index (κ2) is 23.9. The van der Waals surface area contributed by atoms with E-state index in [1.807, 2.05) is 34.6 Å². The van der Waals surface area contributed by atoms with Crippen LogP contribution in [-0.4, -0.2) is 10.5 Å². The van der Waals surface area contributed by atoms with Gasteiger partial charge in [-0.05, 0) is 112 Å². The van der Waals surface area contributed by atoms with E-state index in [1.165, 1.54) is 59.2 Å². The van der Waals surface area contributed by atoms with Crippen molar-refractivity contribution in [1.82, 2.24) is 0 Å². The normalized spacial score (nSPS) is 20.4. The number of hydrogen-bond donors (Lipinski definition) is 0. The molecule has 0 bridgehead atoms. The molecule has 0 nitrogen and oxygen atoms in total. The summed E-state index contributed by atoms with van der Waals surface area (Å²) in [7, 11) is 9.14. The van der Waals surface area contributed by atoms with Crippen molar-refractivity contribution < 1.29 is 34.6 Å². The van der Waals surface area contributed by atoms with Crippen molar-refractivity contribution in [2.75, 3.05) is 0 Å². The summed E-state index contributed by atoms with van der Waals surface area (Å²) in [5, 5.41) is 1.28. The fourth-order valence-corrected chi connectivity index (χ4v) is 2.81. The summed E-state index contributed by atoms with van der Waals surface area (Å²) in [4.78, 5) is 0. The quantitative estimate of drug-likeness (QED) is 0.177. The Labute approximate surface area is 243 Å². The van der Waals surface area contributed by atoms with Crippen molar-refractivity contribution in [3.05, 3.63) is 59.2 Å². The SMILES string of the molecule is CC(C)[SH2+].CC(C)[SH2+].C[C]1[C](C)[C](C)[C](C)[C]1C.C[C]1[C](C)[C](C)[C](C)[C]1C.[Cl][Ru].[Cl][Ru]. The summed E-state index contributed by atoms with van der Waals surface area (Å²) in [6, 6.07) is 0. The van der Waals surface area contributed by atoms with Gasteiger partial charge in [0.2, 0.25) is 0 Å². The Morgan fingerprint density at radius 2 is 0.406 bits per heavy atom. The zero-order valence-corrected chi connectivity index (χ0v) is 29.6. The van der Waals surface area contributed by atoms with Crippen LogP contribution in [0.5, 0.6) is 0 Å². The minimum atomic E-state index is 0.639. The predicted molar refractivity (Wildman–Crippen MR) is 151 cm³/mol. The van der Waals surface area contributed by atoms with Crippen LogP contribution in [0.2, 0.25) is 0 Å². The van der Waals surface area contributed by atoms with Crippen LogP contribution in [0, 0.1) is 59.2 Å². The molecule has 6 heteroatoms. The topological polar surface area (TPSA) is 0 Å². The van der Waals surface area contributed by atoms with Crippen LogP contribution in [0.3, 0.4) is 0 Å². The van der Waals surface area contributed by atoms with Gasteiger partial charge in [0.05, 0.1) is 0 Å². The molecule has 0 aromatic carbocycles. The van der Waals surface area contributed by atoms with Gasteiger partial charge in [0, 0.05) is 0 Å². The van der Waals surface area contributed by atoms with E-state index in [-0.39, 0.29) is 0 Å². The van der Waals surface area contributed by atoms with Gasteiger partial charge in [0.1, 0.15) is 10.5 Å². The molecule has 0 amide bonds. The van der Waals surface area contributed by atoms with Gasteiger partial charge >= 0.3 is 54.0 Å². The molecule has 2 fully saturated rings. The van der Waals surface area contributed by atoms with Crippen LogP contribution in [0.25, 0.3) is 0 Å². The molecule has 0 aliphatic heterocycles. The molecule has 32 heavy (non-hydrogen) atoms. The van der Waals surface area contributed by atoms with Crippen molar-refractivity contribution in [3.63, 3.8) is 0 Å². The van der Waals surface area contributed by atoms with Crippen molar-refractivity contribution in [2.45, 2.75) is 107 Å². The van der Waals surface area contributed by atoms with Gasteiger partial charge in [0.25, 0.3) is 0 Å². The summed E-state index contributed by atoms with van der Waals surface area (Å²) in [6.45, 7) is 30.3. The zero-order valence-electron chi connectivity index (χ0n) is 22.6. The number of halogens is 2. The summed E-state index contributed by atoms with van der Waals surface area (Å²) in [5.41, 5.74) is 0. The van der Waals surface area contributed by atoms with Crippen molar-refractivity contribution >= 4 is 44.6 Å². The molecule has 0 heterocycles. The molecule has 2 rings (SSSR count). The Hall–Kier alpha value is 2.53. The fraction of sp³-hybridized carbons (Fsp3) is 0.615. The van der Waals surface area contributed by atoms with E-state index in [0.717, 1.165) is 0 Å². The molecule has 0 aromatic rings. The van der Waals surface area contributed by atoms with Crippen LogP contribution in [0.1, 0.15) is 96.9 Å². The van der Waals surface area contributed by atoms with Crippen LogP contribution in [-0.2, 0) is 59.9 Å². The molecule has 2 aliphatic carbocycles. The van der Waals surface area contributed by atoms with Crippen molar-refractivity contribution in [2.24, 2.45) is 0 Å². The third-order valence-corrected chi connectivity index (χ3v) is 5.62. The molecular formula is C26H48Cl2Ru2S2+2. The third-order valence-electron chi connectivity index (χ3n) is 5.62. The van der Waals surface area contributed by atoms with Gasteiger partial charge in [-0.2, -0.15) is 0 Å². The van der Waals surface area contributed by atoms with E-state index in [2.05, 4.69) is 142 Å². The first kappa shape index (κ1) is 41.6. The molecule has 0 N–H and O–H groups in total. The first-order chi connectivity index (χ1) is 14.6. The first-order valence-corrected chi connectivity index (χ1v) is 16.3. The van der Waals surface area contributed by atoms with E-state index in [1.54, 1.807) is 0 Å². The summed E-state index contributed by atoms with van der Waals surface area (Å²) < 4.78 is 0. The molecule has 2 aliphatic rings. The second-order valence-corrected chi connectivity index (χ2v) is 10.9. The van der Waals surface area contributed by atoms with E-state index in [4.69, 9.17) is 0 Å². The van der Waals surface area contributed by atoms with Crippen molar-refractivity contribution in [3.8, 4) is 0 Å². The van der Waals surface area contributed by atoms with Crippen LogP contribution in [0.4, 0.5) is 0 Å². The molecule has 0 spiro atoms. The summed E-state index contributed by atoms with van der Waals surface area (Å²) >= 11 is 10.3. The Bertz CT molecular complexity index is 269. The van der Waals surface area contributed by atoms with Gasteiger partial charge in [-0.3, -0.25) is 0 Å². The Morgan fingerprint density at radius 1 is 0.375 bits per heavy atom. The average molecular weight is 698 g/mol. The Balaban J connectivity index is -0.000000167. The molecule has 0 aromatic heterocycles. The van der Waals surface area contributed by atoms with Crippen LogP contribution >= 0.6 is 19.4 Å². The summed E-state index contributed by atoms with van der Waals surface area (Å²) in [5.74, 6) is 14.7. The standard InChI is InChI=1S/2C10H15.2C3H8S.2ClH.2Ru/c2*1-6-7(2)9(4)10(5)8(6)3;2*1-3(2)4;;;;/h2*1-5H3;2*3-4H,1-2H3;2*1H;;/q;;;;;;2*+1. The van der Waals surface area contributed by atoms with Gasteiger partial charge in [-0.15, -0.1) is 0 Å². The molecule has 0 atom stereocenters. The maximum absolute atomic E-state index is 4.57. The molecule has 0 unspecified atom stereocenters. The number of rotatable bonds is 0. The molecule has 192 valence electrons. The van der Waals surface area contributed by atoms with Gasteiger partial charge < -0.3 is 0 Å². The maximum atomic E-state index is 4.57. The third kappa shape index (κ3) is 17.9. The van der Waals surface area contributed by atoms with E-state index in [9.17, 15) is 0 Å². The average Bonchev–Trinajstić information content (AvgIpc) is 3.01. The second-order valence-electron chi connectivity index (χ2n) is 8.56. The monoisotopic (exact) mass is 698 g/mol. The van der Waals surface area contributed by atoms with E-state index >= 15 is 0 Å². The van der Waals surface area contributed by atoms with E-state index < -0.39 is 0 Å². The first-order valence-electron chi connectivity index (χ1n) is 10.7. The Morgan fingerprint density at radius 3 is 0.438 bits per heavy atom. The minimum absolute atomic E-state index is 0.639. The summed E-state index contributed by atoms with van der Waals surface area (Å²) in [6.07, 6.45) is 0. The molecule has 2 saturated carbocycles. The predicted octanol–water partition coefficient (Wildman–Crippen LogP) is 8.13. The van der Waals surface area contributed by atoms with E-state index in [0.29, 0.717) is 10.5 Å². The molecule has 10 radical (unpaired) electrons. The van der Waals surface area contributed by atoms with Gasteiger partial charge in [0.15, 0.2) is 0 Å². The van der Waals surface area contributed by atoms with Crippen LogP contribution in [0.15, 0.2) is 0 Å². The fourth-order valence-electron chi connectivity index (χ4n) is 2.81. The number of hydrogen-bond acceptors (Lipinski definition) is 0. The zero-order chi connectivity index (χ0) is 26.9. The van der Waals surface area contributed by atoms with Gasteiger partial charge in [-0.25, -0.2) is 0 Å². The van der Waals surface area contributed by atoms with Crippen LogP contribution < -0.4 is 0 Å². The van der Waals surface area contributed by atoms with Gasteiger partial charge in [-0.1, -0.05) is 69.2 Å². The van der Waals surface area contributed by atoms with Crippen molar-refractivity contribution in [1.29, 1.82) is 0 Å². The molecule has 0 saturated heterocycles.